The molecule has 3 aromatic rings. The fourth-order valence-electron chi connectivity index (χ4n) is 3.40. The third-order valence-electron chi connectivity index (χ3n) is 5.05. The van der Waals surface area contributed by atoms with Crippen molar-refractivity contribution in [3.63, 3.8) is 0 Å². The molecule has 0 bridgehead atoms. The standard InChI is InChI=1S/C21H22N4O3S2/c1-15-10-11-17(14-18(15)30(27,28)25-12-6-3-7-13-25)19(26)22-21-24-23-20(29-21)16-8-4-2-5-9-16/h2,4-5,8-11,14H,3,6-7,12-13H2,1H3,(H,22,24,26). The fourth-order valence-corrected chi connectivity index (χ4v) is 5.92. The van der Waals surface area contributed by atoms with Gasteiger partial charge in [-0.15, -0.1) is 10.2 Å². The zero-order valence-corrected chi connectivity index (χ0v) is 18.2. The van der Waals surface area contributed by atoms with Crippen molar-refractivity contribution in [3.8, 4) is 10.6 Å². The molecule has 0 unspecified atom stereocenters. The van der Waals surface area contributed by atoms with Crippen LogP contribution in [0.5, 0.6) is 0 Å². The van der Waals surface area contributed by atoms with Gasteiger partial charge in [0.15, 0.2) is 0 Å². The lowest BCUT2D eigenvalue weighted by molar-refractivity contribution is 0.102. The van der Waals surface area contributed by atoms with E-state index in [1.54, 1.807) is 19.1 Å². The number of sulfonamides is 1. The molecule has 0 radical (unpaired) electrons. The Hall–Kier alpha value is -2.62. The number of hydrogen-bond donors (Lipinski definition) is 1. The van der Waals surface area contributed by atoms with E-state index in [-0.39, 0.29) is 10.5 Å². The summed E-state index contributed by atoms with van der Waals surface area (Å²) in [6.07, 6.45) is 2.76. The lowest BCUT2D eigenvalue weighted by Gasteiger charge is -2.26. The molecule has 1 aliphatic rings. The largest absolute Gasteiger partial charge is 0.296 e. The number of benzene rings is 2. The van der Waals surface area contributed by atoms with Gasteiger partial charge in [0.05, 0.1) is 4.90 Å². The monoisotopic (exact) mass is 442 g/mol. The van der Waals surface area contributed by atoms with E-state index in [1.165, 1.54) is 21.7 Å². The average molecular weight is 443 g/mol. The van der Waals surface area contributed by atoms with Crippen molar-refractivity contribution in [2.75, 3.05) is 18.4 Å². The number of nitrogens with zero attached hydrogens (tertiary/aromatic N) is 3. The van der Waals surface area contributed by atoms with Gasteiger partial charge in [-0.1, -0.05) is 54.2 Å². The fraction of sp³-hybridized carbons (Fsp3) is 0.286. The highest BCUT2D eigenvalue weighted by molar-refractivity contribution is 7.89. The molecule has 0 spiro atoms. The lowest BCUT2D eigenvalue weighted by atomic mass is 10.1. The van der Waals surface area contributed by atoms with Gasteiger partial charge in [-0.05, 0) is 37.5 Å². The van der Waals surface area contributed by atoms with Gasteiger partial charge in [0, 0.05) is 24.2 Å². The maximum atomic E-state index is 13.1. The zero-order chi connectivity index (χ0) is 21.1. The molecule has 9 heteroatoms. The molecule has 1 N–H and O–H groups in total. The first-order valence-corrected chi connectivity index (χ1v) is 12.0. The molecule has 0 saturated carbocycles. The summed E-state index contributed by atoms with van der Waals surface area (Å²) in [5, 5.41) is 11.9. The van der Waals surface area contributed by atoms with Crippen LogP contribution in [0.15, 0.2) is 53.4 Å². The number of amides is 1. The second-order valence-electron chi connectivity index (χ2n) is 7.18. The Labute approximate surface area is 179 Å². The molecule has 2 aromatic carbocycles. The summed E-state index contributed by atoms with van der Waals surface area (Å²) in [5.41, 5.74) is 1.81. The second-order valence-corrected chi connectivity index (χ2v) is 10.1. The molecular weight excluding hydrogens is 420 g/mol. The van der Waals surface area contributed by atoms with Gasteiger partial charge in [0.1, 0.15) is 5.01 Å². The van der Waals surface area contributed by atoms with E-state index in [0.717, 1.165) is 24.8 Å². The Balaban J connectivity index is 1.55. The number of nitrogens with one attached hydrogen (secondary N) is 1. The molecule has 156 valence electrons. The van der Waals surface area contributed by atoms with Crippen LogP contribution in [0.4, 0.5) is 5.13 Å². The van der Waals surface area contributed by atoms with E-state index in [0.29, 0.717) is 28.8 Å². The smallest absolute Gasteiger partial charge is 0.257 e. The van der Waals surface area contributed by atoms with Crippen LogP contribution in [-0.4, -0.2) is 41.9 Å². The molecule has 0 aliphatic carbocycles. The first-order chi connectivity index (χ1) is 14.4. The highest BCUT2D eigenvalue weighted by Gasteiger charge is 2.28. The third-order valence-corrected chi connectivity index (χ3v) is 7.98. The quantitative estimate of drug-likeness (QED) is 0.646. The minimum Gasteiger partial charge on any atom is -0.296 e. The van der Waals surface area contributed by atoms with E-state index in [9.17, 15) is 13.2 Å². The third kappa shape index (κ3) is 4.28. The first-order valence-electron chi connectivity index (χ1n) is 9.76. The number of piperidine rings is 1. The summed E-state index contributed by atoms with van der Waals surface area (Å²) in [5.74, 6) is -0.416. The van der Waals surface area contributed by atoms with E-state index >= 15 is 0 Å². The van der Waals surface area contributed by atoms with Crippen LogP contribution in [0.1, 0.15) is 35.2 Å². The van der Waals surface area contributed by atoms with Crippen LogP contribution >= 0.6 is 11.3 Å². The van der Waals surface area contributed by atoms with Crippen molar-refractivity contribution in [2.45, 2.75) is 31.1 Å². The Morgan fingerprint density at radius 3 is 2.50 bits per heavy atom. The SMILES string of the molecule is Cc1ccc(C(=O)Nc2nnc(-c3ccccc3)s2)cc1S(=O)(=O)N1CCCCC1. The molecule has 4 rings (SSSR count). The van der Waals surface area contributed by atoms with Crippen LogP contribution < -0.4 is 5.32 Å². The predicted octanol–water partition coefficient (Wildman–Crippen LogP) is 3.94. The molecular formula is C21H22N4O3S2. The highest BCUT2D eigenvalue weighted by atomic mass is 32.2. The van der Waals surface area contributed by atoms with Gasteiger partial charge in [-0.3, -0.25) is 10.1 Å². The number of carbonyl (C=O) groups is 1. The Morgan fingerprint density at radius 1 is 1.03 bits per heavy atom. The summed E-state index contributed by atoms with van der Waals surface area (Å²) in [7, 11) is -3.63. The Bertz CT molecular complexity index is 1150. The van der Waals surface area contributed by atoms with Gasteiger partial charge in [-0.25, -0.2) is 8.42 Å². The molecule has 1 amide bonds. The number of aryl methyl sites for hydroxylation is 1. The van der Waals surface area contributed by atoms with Crippen LogP contribution in [0, 0.1) is 6.92 Å². The summed E-state index contributed by atoms with van der Waals surface area (Å²) >= 11 is 1.26. The van der Waals surface area contributed by atoms with Crippen molar-refractivity contribution in [3.05, 3.63) is 59.7 Å². The number of hydrogen-bond acceptors (Lipinski definition) is 6. The highest BCUT2D eigenvalue weighted by Crippen LogP contribution is 2.27. The van der Waals surface area contributed by atoms with Crippen LogP contribution in [0.3, 0.4) is 0 Å². The lowest BCUT2D eigenvalue weighted by Crippen LogP contribution is -2.36. The first kappa shape index (κ1) is 20.6. The van der Waals surface area contributed by atoms with E-state index in [2.05, 4.69) is 15.5 Å². The van der Waals surface area contributed by atoms with Crippen LogP contribution in [0.25, 0.3) is 10.6 Å². The Morgan fingerprint density at radius 2 is 1.77 bits per heavy atom. The van der Waals surface area contributed by atoms with E-state index in [4.69, 9.17) is 0 Å². The van der Waals surface area contributed by atoms with Crippen LogP contribution in [-0.2, 0) is 10.0 Å². The van der Waals surface area contributed by atoms with Gasteiger partial charge < -0.3 is 0 Å². The van der Waals surface area contributed by atoms with Gasteiger partial charge >= 0.3 is 0 Å². The summed E-state index contributed by atoms with van der Waals surface area (Å²) < 4.78 is 27.7. The van der Waals surface area contributed by atoms with Gasteiger partial charge in [-0.2, -0.15) is 4.31 Å². The molecule has 1 aliphatic heterocycles. The maximum absolute atomic E-state index is 13.1. The van der Waals surface area contributed by atoms with Gasteiger partial charge in [0.25, 0.3) is 5.91 Å². The molecule has 1 fully saturated rings. The predicted molar refractivity (Wildman–Crippen MR) is 117 cm³/mol. The molecule has 0 atom stereocenters. The molecule has 7 nitrogen and oxygen atoms in total. The minimum atomic E-state index is -3.63. The Kier molecular flexibility index (Phi) is 5.94. The number of aromatic nitrogens is 2. The topological polar surface area (TPSA) is 92.3 Å². The molecule has 1 saturated heterocycles. The second kappa shape index (κ2) is 8.63. The van der Waals surface area contributed by atoms with Crippen molar-refractivity contribution in [1.82, 2.24) is 14.5 Å². The number of anilines is 1. The van der Waals surface area contributed by atoms with Crippen molar-refractivity contribution >= 4 is 32.4 Å². The molecule has 1 aromatic heterocycles. The summed E-state index contributed by atoms with van der Waals surface area (Å²) in [6.45, 7) is 2.78. The zero-order valence-electron chi connectivity index (χ0n) is 16.5. The summed E-state index contributed by atoms with van der Waals surface area (Å²) in [6, 6.07) is 14.3. The van der Waals surface area contributed by atoms with Crippen LogP contribution in [0.2, 0.25) is 0 Å². The van der Waals surface area contributed by atoms with Crippen molar-refractivity contribution in [1.29, 1.82) is 0 Å². The van der Waals surface area contributed by atoms with Crippen molar-refractivity contribution < 1.29 is 13.2 Å². The van der Waals surface area contributed by atoms with E-state index < -0.39 is 15.9 Å². The number of carbonyl (C=O) groups excluding carboxylic acids is 1. The minimum absolute atomic E-state index is 0.180. The number of rotatable bonds is 5. The average Bonchev–Trinajstić information content (AvgIpc) is 3.23. The van der Waals surface area contributed by atoms with Crippen molar-refractivity contribution in [2.24, 2.45) is 0 Å². The maximum Gasteiger partial charge on any atom is 0.257 e. The van der Waals surface area contributed by atoms with Gasteiger partial charge in [0.2, 0.25) is 15.2 Å². The normalized spacial score (nSPS) is 15.1. The molecule has 30 heavy (non-hydrogen) atoms. The summed E-state index contributed by atoms with van der Waals surface area (Å²) in [4.78, 5) is 12.9. The van der Waals surface area contributed by atoms with E-state index in [1.807, 2.05) is 30.3 Å². The molecule has 2 heterocycles.